The van der Waals surface area contributed by atoms with Gasteiger partial charge < -0.3 is 4.90 Å². The highest BCUT2D eigenvalue weighted by Crippen LogP contribution is 2.21. The van der Waals surface area contributed by atoms with Crippen molar-refractivity contribution in [1.29, 1.82) is 0 Å². The molecule has 0 N–H and O–H groups in total. The molecule has 0 radical (unpaired) electrons. The van der Waals surface area contributed by atoms with Crippen LogP contribution >= 0.6 is 0 Å². The number of pyridine rings is 1. The third kappa shape index (κ3) is 3.71. The molecule has 1 aliphatic rings. The molecule has 1 saturated heterocycles. The lowest BCUT2D eigenvalue weighted by Gasteiger charge is -2.34. The zero-order valence-corrected chi connectivity index (χ0v) is 17.3. The summed E-state index contributed by atoms with van der Waals surface area (Å²) in [6.07, 6.45) is 1.61. The van der Waals surface area contributed by atoms with Gasteiger partial charge in [-0.2, -0.15) is 4.31 Å². The molecule has 1 aromatic heterocycles. The second kappa shape index (κ2) is 7.97. The van der Waals surface area contributed by atoms with Gasteiger partial charge in [-0.3, -0.25) is 14.6 Å². The van der Waals surface area contributed by atoms with E-state index in [0.29, 0.717) is 11.3 Å². The Morgan fingerprint density at radius 3 is 2.23 bits per heavy atom. The van der Waals surface area contributed by atoms with Crippen LogP contribution in [-0.4, -0.2) is 60.5 Å². The van der Waals surface area contributed by atoms with E-state index in [1.165, 1.54) is 35.5 Å². The molecule has 0 spiro atoms. The van der Waals surface area contributed by atoms with Crippen LogP contribution in [0.15, 0.2) is 65.7 Å². The summed E-state index contributed by atoms with van der Waals surface area (Å²) in [6.45, 7) is 2.41. The van der Waals surface area contributed by atoms with Gasteiger partial charge in [0.2, 0.25) is 10.0 Å². The number of hydrogen-bond donors (Lipinski definition) is 0. The topological polar surface area (TPSA) is 87.7 Å². The van der Waals surface area contributed by atoms with Gasteiger partial charge in [0.15, 0.2) is 5.78 Å². The van der Waals surface area contributed by atoms with Crippen molar-refractivity contribution < 1.29 is 18.0 Å². The number of nitrogens with zero attached hydrogens (tertiary/aromatic N) is 3. The molecule has 3 aromatic rings. The fourth-order valence-electron chi connectivity index (χ4n) is 3.58. The molecule has 4 rings (SSSR count). The molecule has 2 aromatic carbocycles. The first-order valence-electron chi connectivity index (χ1n) is 9.62. The highest BCUT2D eigenvalue weighted by atomic mass is 32.2. The minimum atomic E-state index is -3.68. The summed E-state index contributed by atoms with van der Waals surface area (Å²) >= 11 is 0. The van der Waals surface area contributed by atoms with Crippen LogP contribution in [-0.2, 0) is 10.0 Å². The Hall–Kier alpha value is -3.10. The van der Waals surface area contributed by atoms with Gasteiger partial charge in [0.05, 0.1) is 4.90 Å². The standard InChI is InChI=1S/C22H21N3O4S/c1-16(26)17-6-8-19(9-7-17)30(28,29)25-14-12-24(13-15-25)22(27)21-20-5-3-2-4-18(20)10-11-23-21/h2-11H,12-15H2,1H3. The highest BCUT2D eigenvalue weighted by Gasteiger charge is 2.31. The number of piperazine rings is 1. The molecule has 0 saturated carbocycles. The van der Waals surface area contributed by atoms with E-state index >= 15 is 0 Å². The van der Waals surface area contributed by atoms with Crippen molar-refractivity contribution in [2.24, 2.45) is 0 Å². The summed E-state index contributed by atoms with van der Waals surface area (Å²) in [4.78, 5) is 30.5. The van der Waals surface area contributed by atoms with Crippen LogP contribution in [0.1, 0.15) is 27.8 Å². The lowest BCUT2D eigenvalue weighted by atomic mass is 10.1. The van der Waals surface area contributed by atoms with Gasteiger partial charge >= 0.3 is 0 Å². The van der Waals surface area contributed by atoms with E-state index < -0.39 is 10.0 Å². The van der Waals surface area contributed by atoms with Crippen molar-refractivity contribution in [1.82, 2.24) is 14.2 Å². The maximum absolute atomic E-state index is 13.0. The monoisotopic (exact) mass is 423 g/mol. The number of aromatic nitrogens is 1. The van der Waals surface area contributed by atoms with E-state index in [-0.39, 0.29) is 42.8 Å². The second-order valence-electron chi connectivity index (χ2n) is 7.16. The molecule has 1 aliphatic heterocycles. The van der Waals surface area contributed by atoms with E-state index in [0.717, 1.165) is 10.8 Å². The van der Waals surface area contributed by atoms with Crippen molar-refractivity contribution >= 4 is 32.5 Å². The predicted molar refractivity (Wildman–Crippen MR) is 113 cm³/mol. The number of fused-ring (bicyclic) bond motifs is 1. The van der Waals surface area contributed by atoms with E-state index in [9.17, 15) is 18.0 Å². The van der Waals surface area contributed by atoms with E-state index in [4.69, 9.17) is 0 Å². The third-order valence-corrected chi connectivity index (χ3v) is 7.21. The number of sulfonamides is 1. The van der Waals surface area contributed by atoms with Crippen molar-refractivity contribution in [2.75, 3.05) is 26.2 Å². The number of amides is 1. The summed E-state index contributed by atoms with van der Waals surface area (Å²) < 4.78 is 27.2. The van der Waals surface area contributed by atoms with Gasteiger partial charge in [0.1, 0.15) is 5.69 Å². The number of carbonyl (C=O) groups excluding carboxylic acids is 2. The molecular weight excluding hydrogens is 402 g/mol. The number of Topliss-reactive ketones (excluding diaryl/α,β-unsaturated/α-hetero) is 1. The number of ketones is 1. The Morgan fingerprint density at radius 2 is 1.57 bits per heavy atom. The zero-order chi connectivity index (χ0) is 21.3. The van der Waals surface area contributed by atoms with E-state index in [2.05, 4.69) is 4.98 Å². The molecule has 0 bridgehead atoms. The molecule has 7 nitrogen and oxygen atoms in total. The van der Waals surface area contributed by atoms with Gasteiger partial charge in [0.25, 0.3) is 5.91 Å². The third-order valence-electron chi connectivity index (χ3n) is 5.30. The quantitative estimate of drug-likeness (QED) is 0.602. The van der Waals surface area contributed by atoms with E-state index in [1.807, 2.05) is 30.3 Å². The van der Waals surface area contributed by atoms with Gasteiger partial charge in [-0.15, -0.1) is 0 Å². The van der Waals surface area contributed by atoms with Crippen LogP contribution < -0.4 is 0 Å². The summed E-state index contributed by atoms with van der Waals surface area (Å²) in [5.41, 5.74) is 0.844. The summed E-state index contributed by atoms with van der Waals surface area (Å²) in [7, 11) is -3.68. The van der Waals surface area contributed by atoms with Gasteiger partial charge in [0, 0.05) is 43.3 Å². The fourth-order valence-corrected chi connectivity index (χ4v) is 5.00. The number of hydrogen-bond acceptors (Lipinski definition) is 5. The largest absolute Gasteiger partial charge is 0.335 e. The van der Waals surface area contributed by atoms with Crippen LogP contribution in [0, 0.1) is 0 Å². The molecule has 8 heteroatoms. The molecule has 0 aliphatic carbocycles. The Bertz CT molecular complexity index is 1210. The summed E-state index contributed by atoms with van der Waals surface area (Å²) in [5, 5.41) is 1.72. The first-order chi connectivity index (χ1) is 14.4. The molecule has 0 unspecified atom stereocenters. The average Bonchev–Trinajstić information content (AvgIpc) is 2.78. The van der Waals surface area contributed by atoms with Crippen molar-refractivity contribution in [3.63, 3.8) is 0 Å². The SMILES string of the molecule is CC(=O)c1ccc(S(=O)(=O)N2CCN(C(=O)c3nccc4ccccc34)CC2)cc1. The van der Waals surface area contributed by atoms with Gasteiger partial charge in [-0.1, -0.05) is 36.4 Å². The van der Waals surface area contributed by atoms with Crippen LogP contribution in [0.3, 0.4) is 0 Å². The fraction of sp³-hybridized carbons (Fsp3) is 0.227. The minimum Gasteiger partial charge on any atom is -0.335 e. The van der Waals surface area contributed by atoms with Crippen LogP contribution in [0.5, 0.6) is 0 Å². The molecule has 30 heavy (non-hydrogen) atoms. The maximum atomic E-state index is 13.0. The van der Waals surface area contributed by atoms with E-state index in [1.54, 1.807) is 11.1 Å². The van der Waals surface area contributed by atoms with Crippen molar-refractivity contribution in [3.05, 3.63) is 72.1 Å². The average molecular weight is 423 g/mol. The van der Waals surface area contributed by atoms with Crippen LogP contribution in [0.2, 0.25) is 0 Å². The summed E-state index contributed by atoms with van der Waals surface area (Å²) in [5.74, 6) is -0.317. The van der Waals surface area contributed by atoms with Crippen molar-refractivity contribution in [3.8, 4) is 0 Å². The number of carbonyl (C=O) groups is 2. The Labute approximate surface area is 175 Å². The molecule has 1 fully saturated rings. The predicted octanol–water partition coefficient (Wildman–Crippen LogP) is 2.58. The first-order valence-corrected chi connectivity index (χ1v) is 11.1. The Balaban J connectivity index is 1.49. The lowest BCUT2D eigenvalue weighted by molar-refractivity contribution is 0.0694. The number of benzene rings is 2. The smallest absolute Gasteiger partial charge is 0.273 e. The van der Waals surface area contributed by atoms with Crippen LogP contribution in [0.25, 0.3) is 10.8 Å². The molecule has 2 heterocycles. The zero-order valence-electron chi connectivity index (χ0n) is 16.5. The minimum absolute atomic E-state index is 0.117. The number of rotatable bonds is 4. The molecule has 0 atom stereocenters. The molecule has 1 amide bonds. The van der Waals surface area contributed by atoms with Crippen molar-refractivity contribution in [2.45, 2.75) is 11.8 Å². The van der Waals surface area contributed by atoms with Crippen LogP contribution in [0.4, 0.5) is 0 Å². The molecule has 154 valence electrons. The Kier molecular flexibility index (Phi) is 5.36. The lowest BCUT2D eigenvalue weighted by Crippen LogP contribution is -2.50. The second-order valence-corrected chi connectivity index (χ2v) is 9.10. The van der Waals surface area contributed by atoms with Gasteiger partial charge in [-0.05, 0) is 30.5 Å². The van der Waals surface area contributed by atoms with Gasteiger partial charge in [-0.25, -0.2) is 8.42 Å². The maximum Gasteiger partial charge on any atom is 0.273 e. The normalized spacial score (nSPS) is 15.3. The molecular formula is C22H21N3O4S. The Morgan fingerprint density at radius 1 is 0.900 bits per heavy atom. The summed E-state index contributed by atoms with van der Waals surface area (Å²) in [6, 6.07) is 15.3. The first kappa shape index (κ1) is 20.2. The highest BCUT2D eigenvalue weighted by molar-refractivity contribution is 7.89.